The maximum atomic E-state index is 15.8. The fourth-order valence-corrected chi connectivity index (χ4v) is 8.46. The van der Waals surface area contributed by atoms with Gasteiger partial charge in [-0.2, -0.15) is 0 Å². The quantitative estimate of drug-likeness (QED) is 0.0644. The minimum atomic E-state index is -0.173. The van der Waals surface area contributed by atoms with Crippen LogP contribution in [0.5, 0.6) is 0 Å². The molecule has 3 nitrogen and oxygen atoms in total. The first-order valence-corrected chi connectivity index (χ1v) is 19.4. The summed E-state index contributed by atoms with van der Waals surface area (Å²) in [6, 6.07) is 34.4. The first-order chi connectivity index (χ1) is 25.2. The molecule has 0 saturated carbocycles. The van der Waals surface area contributed by atoms with Gasteiger partial charge in [0.1, 0.15) is 5.82 Å². The molecule has 7 aromatic rings. The first kappa shape index (κ1) is 40.0. The minimum absolute atomic E-state index is 0. The van der Waals surface area contributed by atoms with Crippen LogP contribution in [0.2, 0.25) is 0 Å². The third kappa shape index (κ3) is 8.16. The van der Waals surface area contributed by atoms with Gasteiger partial charge in [-0.05, 0) is 59.4 Å². The summed E-state index contributed by atoms with van der Waals surface area (Å²) >= 11 is 1.48. The van der Waals surface area contributed by atoms with Gasteiger partial charge in [-0.3, -0.25) is 9.78 Å². The zero-order valence-electron chi connectivity index (χ0n) is 31.3. The Bertz CT molecular complexity index is 2390. The fourth-order valence-electron chi connectivity index (χ4n) is 7.22. The number of hydrogen-bond acceptors (Lipinski definition) is 4. The Balaban J connectivity index is 0.000000290. The monoisotopic (exact) mass is 901 g/mol. The average molecular weight is 901 g/mol. The second kappa shape index (κ2) is 17.7. The first-order valence-electron chi connectivity index (χ1n) is 18.6. The van der Waals surface area contributed by atoms with Gasteiger partial charge < -0.3 is 5.11 Å². The summed E-state index contributed by atoms with van der Waals surface area (Å²) in [4.78, 5) is 16.5. The zero-order valence-corrected chi connectivity index (χ0v) is 34.5. The van der Waals surface area contributed by atoms with Crippen molar-refractivity contribution >= 4 is 58.8 Å². The van der Waals surface area contributed by atoms with E-state index in [1.807, 2.05) is 82.4 Å². The molecule has 0 atom stereocenters. The Morgan fingerprint density at radius 3 is 2.15 bits per heavy atom. The topological polar surface area (TPSA) is 50.2 Å². The number of aromatic nitrogens is 1. The molecule has 0 unspecified atom stereocenters. The van der Waals surface area contributed by atoms with Gasteiger partial charge in [0.2, 0.25) is 0 Å². The number of thiophene rings is 1. The molecule has 2 aromatic heterocycles. The summed E-state index contributed by atoms with van der Waals surface area (Å²) in [5.74, 6) is 0.702. The Kier molecular flexibility index (Phi) is 13.4. The van der Waals surface area contributed by atoms with E-state index in [9.17, 15) is 9.90 Å². The maximum Gasteiger partial charge on any atom is 0.162 e. The number of hydrogen-bond donors (Lipinski definition) is 1. The van der Waals surface area contributed by atoms with Gasteiger partial charge in [-0.15, -0.1) is 40.5 Å². The van der Waals surface area contributed by atoms with Crippen molar-refractivity contribution in [2.24, 2.45) is 11.8 Å². The van der Waals surface area contributed by atoms with Crippen molar-refractivity contribution in [2.45, 2.75) is 73.1 Å². The number of fused-ring (bicyclic) bond motifs is 6. The van der Waals surface area contributed by atoms with Gasteiger partial charge in [0.05, 0.1) is 10.5 Å². The SMILES string of the molecule is CC(C)c1cc(-c2nccc3c2sc2c(F)c(-c4ccccc4)ccc23)[c-]c2ccc3ccccc3c12.CCC(CC)C(=O)/C=C(\O)C(CC)CC.[Ir]. The standard InChI is InChI=1S/C34H23FNS.C13H24O2.Ir/c1-20(2)29-19-24(18-23-13-12-22-10-6-7-11-25(22)30(23)29)32-34-28(16-17-36-32)27-15-14-26(31(35)33(27)37-34)21-8-4-3-5-9-21;1-5-10(6-2)12(14)9-13(15)11(7-3)8-4;/h3-17,19-20H,1-2H3;9-11,14H,5-8H2,1-4H3;/q-1;;/b;12-9-;. The van der Waals surface area contributed by atoms with E-state index in [1.54, 1.807) is 0 Å². The fraction of sp³-hybridized carbons (Fsp3) is 0.277. The van der Waals surface area contributed by atoms with E-state index in [-0.39, 0.29) is 49.3 Å². The molecule has 0 aliphatic carbocycles. The number of allylic oxidation sites excluding steroid dienone is 2. The number of benzene rings is 5. The van der Waals surface area contributed by atoms with Crippen LogP contribution in [-0.4, -0.2) is 15.9 Å². The number of carbonyl (C=O) groups is 1. The van der Waals surface area contributed by atoms with Crippen molar-refractivity contribution < 1.29 is 34.4 Å². The molecule has 0 fully saturated rings. The van der Waals surface area contributed by atoms with E-state index in [2.05, 4.69) is 62.4 Å². The largest absolute Gasteiger partial charge is 0.512 e. The molecule has 1 radical (unpaired) electrons. The summed E-state index contributed by atoms with van der Waals surface area (Å²) in [6.07, 6.45) is 6.74. The molecule has 5 aromatic carbocycles. The molecule has 0 aliphatic heterocycles. The summed E-state index contributed by atoms with van der Waals surface area (Å²) < 4.78 is 17.5. The van der Waals surface area contributed by atoms with Crippen molar-refractivity contribution in [3.8, 4) is 22.4 Å². The van der Waals surface area contributed by atoms with Crippen LogP contribution < -0.4 is 0 Å². The maximum absolute atomic E-state index is 15.8. The van der Waals surface area contributed by atoms with Crippen LogP contribution in [0.1, 0.15) is 78.7 Å². The average Bonchev–Trinajstić information content (AvgIpc) is 3.56. The van der Waals surface area contributed by atoms with Gasteiger partial charge in [0.25, 0.3) is 0 Å². The van der Waals surface area contributed by atoms with Crippen molar-refractivity contribution in [3.05, 3.63) is 126 Å². The Morgan fingerprint density at radius 2 is 1.47 bits per heavy atom. The molecule has 0 saturated heterocycles. The predicted molar refractivity (Wildman–Crippen MR) is 220 cm³/mol. The number of aliphatic hydroxyl groups excluding tert-OH is 1. The molecule has 7 rings (SSSR count). The molecular weight excluding hydrogens is 854 g/mol. The van der Waals surface area contributed by atoms with Crippen LogP contribution in [0.25, 0.3) is 64.1 Å². The molecule has 1 N–H and O–H groups in total. The van der Waals surface area contributed by atoms with E-state index < -0.39 is 0 Å². The second-order valence-corrected chi connectivity index (χ2v) is 14.8. The third-order valence-electron chi connectivity index (χ3n) is 10.3. The van der Waals surface area contributed by atoms with Crippen molar-refractivity contribution in [1.29, 1.82) is 0 Å². The van der Waals surface area contributed by atoms with Gasteiger partial charge in [-0.1, -0.05) is 125 Å². The number of pyridine rings is 1. The normalized spacial score (nSPS) is 11.8. The molecule has 0 aliphatic rings. The minimum Gasteiger partial charge on any atom is -0.512 e. The second-order valence-electron chi connectivity index (χ2n) is 13.8. The Labute approximate surface area is 330 Å². The van der Waals surface area contributed by atoms with Crippen LogP contribution in [0, 0.1) is 23.7 Å². The van der Waals surface area contributed by atoms with Crippen LogP contribution in [0.4, 0.5) is 4.39 Å². The van der Waals surface area contributed by atoms with Crippen molar-refractivity contribution in [1.82, 2.24) is 4.98 Å². The van der Waals surface area contributed by atoms with E-state index in [0.29, 0.717) is 16.2 Å². The number of ketones is 1. The number of nitrogens with zero attached hydrogens (tertiary/aromatic N) is 1. The summed E-state index contributed by atoms with van der Waals surface area (Å²) in [6.45, 7) is 12.5. The number of halogens is 1. The number of rotatable bonds is 10. The van der Waals surface area contributed by atoms with E-state index >= 15 is 4.39 Å². The summed E-state index contributed by atoms with van der Waals surface area (Å²) in [5.41, 5.74) is 4.59. The predicted octanol–water partition coefficient (Wildman–Crippen LogP) is 14.0. The van der Waals surface area contributed by atoms with Gasteiger partial charge in [0, 0.05) is 65.6 Å². The molecule has 275 valence electrons. The summed E-state index contributed by atoms with van der Waals surface area (Å²) in [7, 11) is 0. The molecule has 53 heavy (non-hydrogen) atoms. The molecular formula is C47H47FIrNO2S-. The molecule has 6 heteroatoms. The van der Waals surface area contributed by atoms with Crippen molar-refractivity contribution in [3.63, 3.8) is 0 Å². The van der Waals surface area contributed by atoms with Gasteiger partial charge in [0.15, 0.2) is 5.78 Å². The van der Waals surface area contributed by atoms with Crippen LogP contribution in [0.15, 0.2) is 109 Å². The molecule has 0 bridgehead atoms. The van der Waals surface area contributed by atoms with Gasteiger partial charge in [-0.25, -0.2) is 4.39 Å². The molecule has 2 heterocycles. The van der Waals surface area contributed by atoms with E-state index in [0.717, 1.165) is 63.4 Å². The smallest absolute Gasteiger partial charge is 0.162 e. The molecule has 0 amide bonds. The van der Waals surface area contributed by atoms with E-state index in [1.165, 1.54) is 39.1 Å². The summed E-state index contributed by atoms with van der Waals surface area (Å²) in [5, 5.41) is 16.5. The van der Waals surface area contributed by atoms with Crippen molar-refractivity contribution in [2.75, 3.05) is 0 Å². The van der Waals surface area contributed by atoms with Gasteiger partial charge >= 0.3 is 0 Å². The zero-order chi connectivity index (χ0) is 36.9. The third-order valence-corrected chi connectivity index (χ3v) is 11.5. The van der Waals surface area contributed by atoms with Crippen LogP contribution >= 0.6 is 11.3 Å². The van der Waals surface area contributed by atoms with E-state index in [4.69, 9.17) is 4.98 Å². The molecule has 0 spiro atoms. The Morgan fingerprint density at radius 1 is 0.811 bits per heavy atom. The number of carbonyl (C=O) groups excluding carboxylic acids is 1. The van der Waals surface area contributed by atoms with Crippen LogP contribution in [-0.2, 0) is 24.9 Å². The number of aliphatic hydroxyl groups is 1. The Hall–Kier alpha value is -4.22. The van der Waals surface area contributed by atoms with Crippen LogP contribution in [0.3, 0.4) is 0 Å².